The Labute approximate surface area is 149 Å². The molecule has 25 heavy (non-hydrogen) atoms. The number of aliphatic hydroxyl groups excluding tert-OH is 1. The molecule has 0 aromatic heterocycles. The normalized spacial score (nSPS) is 13.2. The van der Waals surface area contributed by atoms with Crippen LogP contribution in [-0.2, 0) is 14.8 Å². The lowest BCUT2D eigenvalue weighted by molar-refractivity contribution is 0.166. The molecule has 0 heterocycles. The number of hydrogen-bond donors (Lipinski definition) is 2. The maximum Gasteiger partial charge on any atom is 0.240 e. The second-order valence-corrected chi connectivity index (χ2v) is 7.34. The highest BCUT2D eigenvalue weighted by atomic mass is 32.2. The van der Waals surface area contributed by atoms with Crippen molar-refractivity contribution in [3.8, 4) is 0 Å². The summed E-state index contributed by atoms with van der Waals surface area (Å²) in [6, 6.07) is 16.0. The van der Waals surface area contributed by atoms with E-state index in [1.165, 1.54) is 0 Å². The van der Waals surface area contributed by atoms with Gasteiger partial charge in [-0.05, 0) is 24.6 Å². The quantitative estimate of drug-likeness (QED) is 0.532. The van der Waals surface area contributed by atoms with Crippen LogP contribution >= 0.6 is 0 Å². The Balaban J connectivity index is 1.68. The first-order valence-electron chi connectivity index (χ1n) is 8.03. The third kappa shape index (κ3) is 6.43. The van der Waals surface area contributed by atoms with Crippen molar-refractivity contribution in [2.24, 2.45) is 0 Å². The van der Waals surface area contributed by atoms with Crippen LogP contribution in [0, 0.1) is 6.92 Å². The Morgan fingerprint density at radius 1 is 1.12 bits per heavy atom. The predicted molar refractivity (Wildman–Crippen MR) is 97.7 cm³/mol. The molecule has 0 bridgehead atoms. The van der Waals surface area contributed by atoms with Gasteiger partial charge in [-0.3, -0.25) is 0 Å². The topological polar surface area (TPSA) is 75.6 Å². The third-order valence-electron chi connectivity index (χ3n) is 3.54. The van der Waals surface area contributed by atoms with E-state index in [9.17, 15) is 13.5 Å². The van der Waals surface area contributed by atoms with Crippen molar-refractivity contribution in [3.05, 3.63) is 77.9 Å². The number of aliphatic hydroxyl groups is 1. The lowest BCUT2D eigenvalue weighted by Gasteiger charge is -2.07. The SMILES string of the molecule is Cc1ccc(S(=O)(=O)NCCOC/C=C/C(O)c2ccccc2)cc1. The third-order valence-corrected chi connectivity index (χ3v) is 5.02. The summed E-state index contributed by atoms with van der Waals surface area (Å²) in [6.07, 6.45) is 2.68. The molecule has 0 spiro atoms. The zero-order chi connectivity index (χ0) is 18.1. The molecule has 0 aliphatic heterocycles. The Hall–Kier alpha value is -1.99. The van der Waals surface area contributed by atoms with Gasteiger partial charge in [0.1, 0.15) is 0 Å². The van der Waals surface area contributed by atoms with Crippen molar-refractivity contribution in [1.82, 2.24) is 4.72 Å². The summed E-state index contributed by atoms with van der Waals surface area (Å²) in [6.45, 7) is 2.64. The highest BCUT2D eigenvalue weighted by molar-refractivity contribution is 7.89. The van der Waals surface area contributed by atoms with Crippen molar-refractivity contribution in [2.45, 2.75) is 17.9 Å². The van der Waals surface area contributed by atoms with Crippen LogP contribution in [0.1, 0.15) is 17.2 Å². The van der Waals surface area contributed by atoms with Gasteiger partial charge in [0.2, 0.25) is 10.0 Å². The van der Waals surface area contributed by atoms with E-state index in [2.05, 4.69) is 4.72 Å². The van der Waals surface area contributed by atoms with Gasteiger partial charge in [-0.15, -0.1) is 0 Å². The van der Waals surface area contributed by atoms with Crippen LogP contribution < -0.4 is 4.72 Å². The maximum atomic E-state index is 12.1. The maximum absolute atomic E-state index is 12.1. The van der Waals surface area contributed by atoms with Gasteiger partial charge < -0.3 is 9.84 Å². The molecule has 0 fully saturated rings. The van der Waals surface area contributed by atoms with Crippen molar-refractivity contribution in [3.63, 3.8) is 0 Å². The fourth-order valence-electron chi connectivity index (χ4n) is 2.15. The van der Waals surface area contributed by atoms with E-state index in [0.29, 0.717) is 6.61 Å². The molecule has 0 amide bonds. The molecular weight excluding hydrogens is 338 g/mol. The molecule has 2 rings (SSSR count). The average molecular weight is 361 g/mol. The Bertz CT molecular complexity index is 771. The van der Waals surface area contributed by atoms with Crippen LogP contribution in [0.2, 0.25) is 0 Å². The summed E-state index contributed by atoms with van der Waals surface area (Å²) >= 11 is 0. The number of benzene rings is 2. The van der Waals surface area contributed by atoms with Gasteiger partial charge in [-0.25, -0.2) is 13.1 Å². The second-order valence-electron chi connectivity index (χ2n) is 5.57. The molecule has 2 aromatic rings. The van der Waals surface area contributed by atoms with Crippen LogP contribution in [0.15, 0.2) is 71.6 Å². The number of aryl methyl sites for hydroxylation is 1. The first-order valence-corrected chi connectivity index (χ1v) is 9.51. The number of rotatable bonds is 9. The molecule has 2 aromatic carbocycles. The van der Waals surface area contributed by atoms with Gasteiger partial charge in [0.05, 0.1) is 24.2 Å². The second kappa shape index (κ2) is 9.48. The van der Waals surface area contributed by atoms with E-state index in [1.54, 1.807) is 36.4 Å². The van der Waals surface area contributed by atoms with Gasteiger partial charge in [0.25, 0.3) is 0 Å². The molecule has 0 saturated heterocycles. The van der Waals surface area contributed by atoms with Crippen molar-refractivity contribution in [1.29, 1.82) is 0 Å². The zero-order valence-corrected chi connectivity index (χ0v) is 14.9. The van der Waals surface area contributed by atoms with E-state index < -0.39 is 16.1 Å². The molecule has 0 radical (unpaired) electrons. The smallest absolute Gasteiger partial charge is 0.240 e. The first kappa shape index (κ1) is 19.3. The van der Waals surface area contributed by atoms with Crippen molar-refractivity contribution >= 4 is 10.0 Å². The van der Waals surface area contributed by atoms with Crippen molar-refractivity contribution < 1.29 is 18.3 Å². The first-order chi connectivity index (χ1) is 12.0. The molecule has 0 saturated carbocycles. The summed E-state index contributed by atoms with van der Waals surface area (Å²) in [5, 5.41) is 9.94. The average Bonchev–Trinajstić information content (AvgIpc) is 2.62. The summed E-state index contributed by atoms with van der Waals surface area (Å²) in [5.74, 6) is 0. The van der Waals surface area contributed by atoms with Crippen molar-refractivity contribution in [2.75, 3.05) is 19.8 Å². The number of ether oxygens (including phenoxy) is 1. The zero-order valence-electron chi connectivity index (χ0n) is 14.1. The van der Waals surface area contributed by atoms with E-state index in [0.717, 1.165) is 11.1 Å². The van der Waals surface area contributed by atoms with Crippen LogP contribution in [0.5, 0.6) is 0 Å². The summed E-state index contributed by atoms with van der Waals surface area (Å²) in [7, 11) is -3.51. The Kier molecular flexibility index (Phi) is 7.33. The molecule has 5 nitrogen and oxygen atoms in total. The minimum atomic E-state index is -3.51. The lowest BCUT2D eigenvalue weighted by atomic mass is 10.1. The number of nitrogens with one attached hydrogen (secondary N) is 1. The van der Waals surface area contributed by atoms with Gasteiger partial charge in [-0.2, -0.15) is 0 Å². The van der Waals surface area contributed by atoms with Crippen LogP contribution in [0.4, 0.5) is 0 Å². The molecule has 0 aliphatic carbocycles. The predicted octanol–water partition coefficient (Wildman–Crippen LogP) is 2.58. The van der Waals surface area contributed by atoms with Crippen LogP contribution in [-0.4, -0.2) is 33.3 Å². The molecule has 1 atom stereocenters. The minimum Gasteiger partial charge on any atom is -0.384 e. The monoisotopic (exact) mass is 361 g/mol. The highest BCUT2D eigenvalue weighted by Gasteiger charge is 2.12. The van der Waals surface area contributed by atoms with E-state index in [1.807, 2.05) is 37.3 Å². The fraction of sp³-hybridized carbons (Fsp3) is 0.263. The highest BCUT2D eigenvalue weighted by Crippen LogP contribution is 2.13. The van der Waals surface area contributed by atoms with E-state index >= 15 is 0 Å². The largest absolute Gasteiger partial charge is 0.384 e. The Morgan fingerprint density at radius 3 is 2.48 bits per heavy atom. The fourth-order valence-corrected chi connectivity index (χ4v) is 3.16. The molecule has 0 aliphatic rings. The van der Waals surface area contributed by atoms with Gasteiger partial charge in [0.15, 0.2) is 0 Å². The summed E-state index contributed by atoms with van der Waals surface area (Å²) in [4.78, 5) is 0.240. The van der Waals surface area contributed by atoms with Gasteiger partial charge in [0, 0.05) is 6.54 Å². The van der Waals surface area contributed by atoms with E-state index in [-0.39, 0.29) is 18.0 Å². The van der Waals surface area contributed by atoms with Crippen LogP contribution in [0.25, 0.3) is 0 Å². The minimum absolute atomic E-state index is 0.186. The van der Waals surface area contributed by atoms with E-state index in [4.69, 9.17) is 4.74 Å². The summed E-state index contributed by atoms with van der Waals surface area (Å²) in [5.41, 5.74) is 1.82. The molecule has 1 unspecified atom stereocenters. The van der Waals surface area contributed by atoms with Gasteiger partial charge >= 0.3 is 0 Å². The van der Waals surface area contributed by atoms with Gasteiger partial charge in [-0.1, -0.05) is 60.2 Å². The number of hydrogen-bond acceptors (Lipinski definition) is 4. The molecule has 134 valence electrons. The molecule has 2 N–H and O–H groups in total. The number of sulfonamides is 1. The molecular formula is C19H23NO4S. The standard InChI is InChI=1S/C19H23NO4S/c1-16-9-11-18(12-10-16)25(22,23)20-13-15-24-14-5-8-19(21)17-6-3-2-4-7-17/h2-12,19-21H,13-15H2,1H3/b8-5+. The Morgan fingerprint density at radius 2 is 1.80 bits per heavy atom. The summed E-state index contributed by atoms with van der Waals surface area (Å²) < 4.78 is 32.0. The van der Waals surface area contributed by atoms with Crippen LogP contribution in [0.3, 0.4) is 0 Å². The lowest BCUT2D eigenvalue weighted by Crippen LogP contribution is -2.27. The molecule has 6 heteroatoms.